The number of rotatable bonds is 3. The third kappa shape index (κ3) is 2.46. The van der Waals surface area contributed by atoms with Gasteiger partial charge >= 0.3 is 0 Å². The summed E-state index contributed by atoms with van der Waals surface area (Å²) in [7, 11) is 0. The van der Waals surface area contributed by atoms with Crippen molar-refractivity contribution in [2.75, 3.05) is 0 Å². The molecule has 0 saturated heterocycles. The fourth-order valence-electron chi connectivity index (χ4n) is 2.76. The Hall–Kier alpha value is -2.11. The van der Waals surface area contributed by atoms with Crippen LogP contribution < -0.4 is 0 Å². The molecule has 21 heavy (non-hydrogen) atoms. The van der Waals surface area contributed by atoms with Gasteiger partial charge in [0.25, 0.3) is 0 Å². The lowest BCUT2D eigenvalue weighted by Crippen LogP contribution is -2.05. The molecule has 1 aromatic heterocycles. The zero-order valence-electron chi connectivity index (χ0n) is 11.2. The molecule has 1 aliphatic rings. The molecule has 0 aliphatic heterocycles. The topological polar surface area (TPSA) is 34.9 Å². The average Bonchev–Trinajstić information content (AvgIpc) is 3.12. The Labute approximate surface area is 119 Å². The Morgan fingerprint density at radius 2 is 1.76 bits per heavy atom. The molecular weight excluding hydrogens is 281 g/mol. The molecule has 0 amide bonds. The summed E-state index contributed by atoms with van der Waals surface area (Å²) in [6.07, 6.45) is 6.29. The van der Waals surface area contributed by atoms with Gasteiger partial charge in [-0.1, -0.05) is 12.8 Å². The van der Waals surface area contributed by atoms with Crippen LogP contribution in [0.1, 0.15) is 42.1 Å². The van der Waals surface area contributed by atoms with Gasteiger partial charge < -0.3 is 0 Å². The van der Waals surface area contributed by atoms with Crippen LogP contribution in [0, 0.1) is 17.5 Å². The highest BCUT2D eigenvalue weighted by Crippen LogP contribution is 2.32. The molecule has 0 bridgehead atoms. The zero-order valence-corrected chi connectivity index (χ0v) is 11.2. The van der Waals surface area contributed by atoms with Crippen LogP contribution in [0.4, 0.5) is 13.2 Å². The number of carbonyl (C=O) groups excluding carboxylic acids is 1. The highest BCUT2D eigenvalue weighted by Gasteiger charge is 2.21. The van der Waals surface area contributed by atoms with Crippen LogP contribution in [-0.2, 0) is 0 Å². The number of nitrogens with zero attached hydrogens (tertiary/aromatic N) is 2. The average molecular weight is 294 g/mol. The highest BCUT2D eigenvalue weighted by molar-refractivity contribution is 5.85. The second-order valence-electron chi connectivity index (χ2n) is 5.22. The van der Waals surface area contributed by atoms with E-state index < -0.39 is 17.5 Å². The lowest BCUT2D eigenvalue weighted by Gasteiger charge is -2.08. The highest BCUT2D eigenvalue weighted by atomic mass is 19.2. The van der Waals surface area contributed by atoms with E-state index in [4.69, 9.17) is 0 Å². The van der Waals surface area contributed by atoms with Crippen LogP contribution in [0.15, 0.2) is 18.3 Å². The van der Waals surface area contributed by atoms with Gasteiger partial charge in [0.05, 0.1) is 11.6 Å². The summed E-state index contributed by atoms with van der Waals surface area (Å²) >= 11 is 0. The van der Waals surface area contributed by atoms with Gasteiger partial charge in [-0.25, -0.2) is 13.2 Å². The van der Waals surface area contributed by atoms with Crippen molar-refractivity contribution < 1.29 is 18.0 Å². The van der Waals surface area contributed by atoms with E-state index in [9.17, 15) is 18.0 Å². The van der Waals surface area contributed by atoms with Gasteiger partial charge in [0.2, 0.25) is 0 Å². The molecule has 3 rings (SSSR count). The first-order valence-corrected chi connectivity index (χ1v) is 6.79. The molecule has 0 radical (unpaired) electrons. The minimum Gasteiger partial charge on any atom is -0.298 e. The maximum absolute atomic E-state index is 13.3. The van der Waals surface area contributed by atoms with Crippen LogP contribution in [0.3, 0.4) is 0 Å². The maximum atomic E-state index is 13.3. The van der Waals surface area contributed by atoms with E-state index in [1.54, 1.807) is 10.9 Å². The van der Waals surface area contributed by atoms with Crippen molar-refractivity contribution in [3.8, 4) is 11.3 Å². The number of halogens is 3. The van der Waals surface area contributed by atoms with Crippen LogP contribution in [0.25, 0.3) is 11.3 Å². The van der Waals surface area contributed by atoms with E-state index >= 15 is 0 Å². The van der Waals surface area contributed by atoms with Crippen molar-refractivity contribution in [1.29, 1.82) is 0 Å². The van der Waals surface area contributed by atoms with Crippen LogP contribution >= 0.6 is 0 Å². The van der Waals surface area contributed by atoms with Crippen LogP contribution in [0.5, 0.6) is 0 Å². The third-order valence-corrected chi connectivity index (χ3v) is 3.84. The molecule has 2 aromatic rings. The van der Waals surface area contributed by atoms with Crippen molar-refractivity contribution in [2.45, 2.75) is 31.7 Å². The molecule has 110 valence electrons. The second-order valence-corrected chi connectivity index (χ2v) is 5.22. The quantitative estimate of drug-likeness (QED) is 0.635. The number of hydrogen-bond acceptors (Lipinski definition) is 2. The molecule has 1 aromatic carbocycles. The Bertz CT molecular complexity index is 667. The Kier molecular flexibility index (Phi) is 3.53. The first-order valence-electron chi connectivity index (χ1n) is 6.79. The normalized spacial score (nSPS) is 15.6. The van der Waals surface area contributed by atoms with Gasteiger partial charge in [-0.3, -0.25) is 9.48 Å². The predicted molar refractivity (Wildman–Crippen MR) is 70.4 cm³/mol. The number of hydrogen-bond donors (Lipinski definition) is 0. The Morgan fingerprint density at radius 1 is 1.14 bits per heavy atom. The summed E-state index contributed by atoms with van der Waals surface area (Å²) < 4.78 is 41.3. The first-order chi connectivity index (χ1) is 10.1. The standard InChI is InChI=1S/C15H13F3N2O/c16-12-5-9(6-13(17)14(12)18)15-10(8-21)7-20(19-15)11-3-1-2-4-11/h5-8,11H,1-4H2. The smallest absolute Gasteiger partial charge is 0.194 e. The van der Waals surface area contributed by atoms with Crippen molar-refractivity contribution in [2.24, 2.45) is 0 Å². The number of benzene rings is 1. The summed E-state index contributed by atoms with van der Waals surface area (Å²) in [6.45, 7) is 0. The SMILES string of the molecule is O=Cc1cn(C2CCCC2)nc1-c1cc(F)c(F)c(F)c1. The molecule has 1 aliphatic carbocycles. The molecule has 1 saturated carbocycles. The fourth-order valence-corrected chi connectivity index (χ4v) is 2.76. The number of carbonyl (C=O) groups is 1. The Morgan fingerprint density at radius 3 is 2.33 bits per heavy atom. The molecular formula is C15H13F3N2O. The largest absolute Gasteiger partial charge is 0.298 e. The third-order valence-electron chi connectivity index (χ3n) is 3.84. The lowest BCUT2D eigenvalue weighted by atomic mass is 10.1. The maximum Gasteiger partial charge on any atom is 0.194 e. The monoisotopic (exact) mass is 294 g/mol. The predicted octanol–water partition coefficient (Wildman–Crippen LogP) is 3.90. The van der Waals surface area contributed by atoms with Crippen LogP contribution in [0.2, 0.25) is 0 Å². The fraction of sp³-hybridized carbons (Fsp3) is 0.333. The summed E-state index contributed by atoms with van der Waals surface area (Å²) in [5.41, 5.74) is 0.479. The summed E-state index contributed by atoms with van der Waals surface area (Å²) in [5.74, 6) is -4.11. The number of aldehydes is 1. The van der Waals surface area contributed by atoms with Crippen LogP contribution in [-0.4, -0.2) is 16.1 Å². The molecule has 6 heteroatoms. The van der Waals surface area contributed by atoms with Gasteiger partial charge in [-0.15, -0.1) is 0 Å². The van der Waals surface area contributed by atoms with E-state index in [1.807, 2.05) is 0 Å². The Balaban J connectivity index is 2.07. The summed E-state index contributed by atoms with van der Waals surface area (Å²) in [5, 5.41) is 4.27. The van der Waals surface area contributed by atoms with Gasteiger partial charge in [-0.2, -0.15) is 5.10 Å². The van der Waals surface area contributed by atoms with E-state index in [0.717, 1.165) is 37.8 Å². The molecule has 0 atom stereocenters. The van der Waals surface area contributed by atoms with Gasteiger partial charge in [0, 0.05) is 11.8 Å². The molecule has 3 nitrogen and oxygen atoms in total. The first kappa shape index (κ1) is 13.9. The molecule has 0 spiro atoms. The van der Waals surface area contributed by atoms with E-state index in [-0.39, 0.29) is 22.9 Å². The van der Waals surface area contributed by atoms with Crippen molar-refractivity contribution in [1.82, 2.24) is 9.78 Å². The minimum absolute atomic E-state index is 0.0604. The van der Waals surface area contributed by atoms with E-state index in [1.165, 1.54) is 0 Å². The minimum atomic E-state index is -1.53. The van der Waals surface area contributed by atoms with Gasteiger partial charge in [0.1, 0.15) is 5.69 Å². The van der Waals surface area contributed by atoms with Crippen molar-refractivity contribution >= 4 is 6.29 Å². The molecule has 0 N–H and O–H groups in total. The summed E-state index contributed by atoms with van der Waals surface area (Å²) in [6, 6.07) is 1.91. The summed E-state index contributed by atoms with van der Waals surface area (Å²) in [4.78, 5) is 11.2. The van der Waals surface area contributed by atoms with Gasteiger partial charge in [0.15, 0.2) is 23.7 Å². The van der Waals surface area contributed by atoms with Gasteiger partial charge in [-0.05, 0) is 25.0 Å². The van der Waals surface area contributed by atoms with Crippen molar-refractivity contribution in [3.05, 3.63) is 41.3 Å². The van der Waals surface area contributed by atoms with Crippen molar-refractivity contribution in [3.63, 3.8) is 0 Å². The van der Waals surface area contributed by atoms with E-state index in [2.05, 4.69) is 5.10 Å². The second kappa shape index (κ2) is 5.35. The lowest BCUT2D eigenvalue weighted by molar-refractivity contribution is 0.112. The molecule has 0 unspecified atom stereocenters. The zero-order chi connectivity index (χ0) is 15.0. The molecule has 1 heterocycles. The number of aromatic nitrogens is 2. The molecule has 1 fully saturated rings. The van der Waals surface area contributed by atoms with E-state index in [0.29, 0.717) is 6.29 Å².